The van der Waals surface area contributed by atoms with Crippen LogP contribution in [0.3, 0.4) is 0 Å². The Balaban J connectivity index is 1.51. The van der Waals surface area contributed by atoms with Crippen molar-refractivity contribution in [2.45, 2.75) is 18.8 Å². The molecule has 3 heterocycles. The largest absolute Gasteiger partial charge is 0.494 e. The average Bonchev–Trinajstić information content (AvgIpc) is 3.34. The molecule has 1 saturated heterocycles. The van der Waals surface area contributed by atoms with E-state index in [1.807, 2.05) is 53.4 Å². The number of hydrogen-bond acceptors (Lipinski definition) is 5. The van der Waals surface area contributed by atoms with Crippen LogP contribution in [0, 0.1) is 0 Å². The number of halogens is 2. The van der Waals surface area contributed by atoms with Gasteiger partial charge in [-0.05, 0) is 30.3 Å². The highest BCUT2D eigenvalue weighted by molar-refractivity contribution is 5.61. The third-order valence-electron chi connectivity index (χ3n) is 5.96. The summed E-state index contributed by atoms with van der Waals surface area (Å²) in [5, 5.41) is 8.95. The van der Waals surface area contributed by atoms with Crippen LogP contribution >= 0.6 is 0 Å². The number of piperidine rings is 1. The molecule has 0 amide bonds. The summed E-state index contributed by atoms with van der Waals surface area (Å²) in [5.74, 6) is -2.09. The van der Waals surface area contributed by atoms with Crippen molar-refractivity contribution in [3.05, 3.63) is 83.3 Å². The van der Waals surface area contributed by atoms with Gasteiger partial charge < -0.3 is 9.64 Å². The smallest absolute Gasteiger partial charge is 0.251 e. The number of alkyl halides is 2. The molecule has 1 aliphatic heterocycles. The number of benzene rings is 2. The van der Waals surface area contributed by atoms with Gasteiger partial charge in [-0.25, -0.2) is 18.1 Å². The van der Waals surface area contributed by atoms with Crippen molar-refractivity contribution in [2.75, 3.05) is 25.1 Å². The van der Waals surface area contributed by atoms with Crippen LogP contribution in [0.25, 0.3) is 22.8 Å². The molecule has 34 heavy (non-hydrogen) atoms. The van der Waals surface area contributed by atoms with Gasteiger partial charge in [0.1, 0.15) is 11.4 Å². The quantitative estimate of drug-likeness (QED) is 0.441. The Morgan fingerprint density at radius 1 is 0.971 bits per heavy atom. The Morgan fingerprint density at radius 2 is 1.74 bits per heavy atom. The molecule has 0 bridgehead atoms. The van der Waals surface area contributed by atoms with Gasteiger partial charge in [-0.2, -0.15) is 10.2 Å². The molecule has 0 aliphatic carbocycles. The lowest BCUT2D eigenvalue weighted by Crippen LogP contribution is -2.39. The van der Waals surface area contributed by atoms with Gasteiger partial charge in [0.15, 0.2) is 5.69 Å². The first kappa shape index (κ1) is 21.8. The van der Waals surface area contributed by atoms with Gasteiger partial charge in [-0.1, -0.05) is 18.2 Å². The molecule has 1 aliphatic rings. The topological polar surface area (TPSA) is 65.2 Å². The molecule has 0 atom stereocenters. The van der Waals surface area contributed by atoms with Gasteiger partial charge in [0, 0.05) is 49.9 Å². The van der Waals surface area contributed by atoms with E-state index in [1.165, 1.54) is 6.07 Å². The molecule has 0 unspecified atom stereocenters. The monoisotopic (exact) mass is 463 g/mol. The van der Waals surface area contributed by atoms with Gasteiger partial charge in [-0.15, -0.1) is 0 Å². The summed E-state index contributed by atoms with van der Waals surface area (Å²) in [5.41, 5.74) is 2.82. The molecule has 2 aromatic heterocycles. The van der Waals surface area contributed by atoms with Crippen LogP contribution in [0.2, 0.25) is 0 Å². The standard InChI is InChI=1S/C25H23F2N5O2/c1-34-23-17-19(30-15-11-25(26,27)12-16-30)7-8-20(23)31-14-10-22(33)24(29-31)21-9-13-28-32(21)18-5-3-2-4-6-18/h2-10,13-14,17H,11-12,15-16H2,1H3. The van der Waals surface area contributed by atoms with E-state index >= 15 is 0 Å². The number of hydrogen-bond donors (Lipinski definition) is 0. The summed E-state index contributed by atoms with van der Waals surface area (Å²) in [6, 6.07) is 18.2. The highest BCUT2D eigenvalue weighted by atomic mass is 19.3. The second-order valence-electron chi connectivity index (χ2n) is 8.14. The lowest BCUT2D eigenvalue weighted by atomic mass is 10.1. The minimum absolute atomic E-state index is 0.170. The minimum atomic E-state index is -2.61. The van der Waals surface area contributed by atoms with Crippen molar-refractivity contribution in [2.24, 2.45) is 0 Å². The van der Waals surface area contributed by atoms with E-state index in [-0.39, 0.29) is 37.1 Å². The zero-order valence-electron chi connectivity index (χ0n) is 18.6. The normalized spacial score (nSPS) is 15.3. The Morgan fingerprint density at radius 3 is 2.47 bits per heavy atom. The van der Waals surface area contributed by atoms with Crippen molar-refractivity contribution < 1.29 is 13.5 Å². The van der Waals surface area contributed by atoms with Crippen molar-refractivity contribution >= 4 is 5.69 Å². The van der Waals surface area contributed by atoms with E-state index in [1.54, 1.807) is 34.9 Å². The van der Waals surface area contributed by atoms with Gasteiger partial charge in [-0.3, -0.25) is 4.79 Å². The molecule has 0 saturated carbocycles. The van der Waals surface area contributed by atoms with Gasteiger partial charge in [0.2, 0.25) is 5.43 Å². The van der Waals surface area contributed by atoms with E-state index in [0.29, 0.717) is 17.1 Å². The maximum atomic E-state index is 13.6. The van der Waals surface area contributed by atoms with E-state index in [9.17, 15) is 13.6 Å². The second-order valence-corrected chi connectivity index (χ2v) is 8.14. The second kappa shape index (κ2) is 8.74. The molecule has 0 radical (unpaired) electrons. The lowest BCUT2D eigenvalue weighted by Gasteiger charge is -2.33. The van der Waals surface area contributed by atoms with Crippen molar-refractivity contribution in [3.63, 3.8) is 0 Å². The van der Waals surface area contributed by atoms with Gasteiger partial charge >= 0.3 is 0 Å². The molecule has 5 rings (SSSR count). The number of anilines is 1. The molecule has 1 fully saturated rings. The average molecular weight is 463 g/mol. The maximum Gasteiger partial charge on any atom is 0.251 e. The molecule has 0 N–H and O–H groups in total. The van der Waals surface area contributed by atoms with Crippen molar-refractivity contribution in [1.29, 1.82) is 0 Å². The number of methoxy groups -OCH3 is 1. The molecule has 9 heteroatoms. The molecule has 0 spiro atoms. The third-order valence-corrected chi connectivity index (χ3v) is 5.96. The number of nitrogens with zero attached hydrogens (tertiary/aromatic N) is 5. The third kappa shape index (κ3) is 4.16. The fraction of sp³-hybridized carbons (Fsp3) is 0.240. The van der Waals surface area contributed by atoms with Crippen LogP contribution < -0.4 is 15.1 Å². The van der Waals surface area contributed by atoms with E-state index in [2.05, 4.69) is 10.2 Å². The molecular weight excluding hydrogens is 440 g/mol. The SMILES string of the molecule is COc1cc(N2CCC(F)(F)CC2)ccc1-n1ccc(=O)c(-c2ccnn2-c2ccccc2)n1. The predicted octanol–water partition coefficient (Wildman–Crippen LogP) is 4.33. The highest BCUT2D eigenvalue weighted by Crippen LogP contribution is 2.33. The molecule has 4 aromatic rings. The Kier molecular flexibility index (Phi) is 5.61. The summed E-state index contributed by atoms with van der Waals surface area (Å²) in [6.07, 6.45) is 2.86. The van der Waals surface area contributed by atoms with Crippen LogP contribution in [0.1, 0.15) is 12.8 Å². The number of rotatable bonds is 5. The first-order chi connectivity index (χ1) is 16.4. The molecular formula is C25H23F2N5O2. The Hall–Kier alpha value is -4.01. The van der Waals surface area contributed by atoms with Crippen molar-refractivity contribution in [3.8, 4) is 28.5 Å². The summed E-state index contributed by atoms with van der Waals surface area (Å²) in [4.78, 5) is 14.7. The number of para-hydroxylation sites is 1. The van der Waals surface area contributed by atoms with Gasteiger partial charge in [0.05, 0.1) is 24.7 Å². The number of ether oxygens (including phenoxy) is 1. The summed E-state index contributed by atoms with van der Waals surface area (Å²) >= 11 is 0. The van der Waals surface area contributed by atoms with Crippen LogP contribution in [-0.2, 0) is 0 Å². The van der Waals surface area contributed by atoms with E-state index < -0.39 is 5.92 Å². The molecule has 2 aromatic carbocycles. The summed E-state index contributed by atoms with van der Waals surface area (Å²) in [6.45, 7) is 0.554. The van der Waals surface area contributed by atoms with Crippen LogP contribution in [0.5, 0.6) is 5.75 Å². The van der Waals surface area contributed by atoms with Crippen LogP contribution in [-0.4, -0.2) is 45.7 Å². The number of aromatic nitrogens is 4. The van der Waals surface area contributed by atoms with E-state index in [4.69, 9.17) is 4.74 Å². The fourth-order valence-corrected chi connectivity index (χ4v) is 4.12. The summed E-state index contributed by atoms with van der Waals surface area (Å²) < 4.78 is 35.9. The highest BCUT2D eigenvalue weighted by Gasteiger charge is 2.34. The van der Waals surface area contributed by atoms with E-state index in [0.717, 1.165) is 11.4 Å². The van der Waals surface area contributed by atoms with Gasteiger partial charge in [0.25, 0.3) is 5.92 Å². The first-order valence-electron chi connectivity index (χ1n) is 11.0. The maximum absolute atomic E-state index is 13.6. The Labute approximate surface area is 194 Å². The first-order valence-corrected chi connectivity index (χ1v) is 11.0. The summed E-state index contributed by atoms with van der Waals surface area (Å²) in [7, 11) is 1.54. The minimum Gasteiger partial charge on any atom is -0.494 e. The zero-order chi connectivity index (χ0) is 23.7. The lowest BCUT2D eigenvalue weighted by molar-refractivity contribution is -0.0220. The fourth-order valence-electron chi connectivity index (χ4n) is 4.12. The van der Waals surface area contributed by atoms with Crippen molar-refractivity contribution in [1.82, 2.24) is 19.6 Å². The molecule has 174 valence electrons. The predicted molar refractivity (Wildman–Crippen MR) is 125 cm³/mol. The Bertz CT molecular complexity index is 1360. The van der Waals surface area contributed by atoms with Crippen LogP contribution in [0.4, 0.5) is 14.5 Å². The zero-order valence-corrected chi connectivity index (χ0v) is 18.6. The van der Waals surface area contributed by atoms with Crippen LogP contribution in [0.15, 0.2) is 77.9 Å². The molecule has 7 nitrogen and oxygen atoms in total.